The minimum absolute atomic E-state index is 0.0404. The first-order valence-corrected chi connectivity index (χ1v) is 6.97. The van der Waals surface area contributed by atoms with Gasteiger partial charge in [-0.15, -0.1) is 0 Å². The Morgan fingerprint density at radius 3 is 2.55 bits per heavy atom. The lowest BCUT2D eigenvalue weighted by Gasteiger charge is -2.23. The highest BCUT2D eigenvalue weighted by molar-refractivity contribution is 5.92. The van der Waals surface area contributed by atoms with Gasteiger partial charge in [0.05, 0.1) is 5.92 Å². The van der Waals surface area contributed by atoms with Crippen molar-refractivity contribution in [2.75, 3.05) is 11.4 Å². The van der Waals surface area contributed by atoms with E-state index in [4.69, 9.17) is 5.11 Å². The highest BCUT2D eigenvalue weighted by Gasteiger charge is 2.31. The summed E-state index contributed by atoms with van der Waals surface area (Å²) in [6, 6.07) is 9.26. The van der Waals surface area contributed by atoms with E-state index in [0.717, 1.165) is 12.1 Å². The topological polar surface area (TPSA) is 69.6 Å². The number of anilines is 1. The fourth-order valence-electron chi connectivity index (χ4n) is 2.64. The maximum atomic E-state index is 12.3. The third kappa shape index (κ3) is 3.29. The number of nitrogens with zero attached hydrogens (tertiary/aromatic N) is 1. The normalized spacial score (nSPS) is 21.4. The van der Waals surface area contributed by atoms with Crippen LogP contribution in [0.15, 0.2) is 30.3 Å². The average Bonchev–Trinajstić information content (AvgIpc) is 2.89. The number of hydrogen-bond acceptors (Lipinski definition) is 2. The molecule has 2 N–H and O–H groups in total. The van der Waals surface area contributed by atoms with Gasteiger partial charge in [-0.25, -0.2) is 4.79 Å². The second-order valence-corrected chi connectivity index (χ2v) is 5.07. The molecule has 0 aliphatic heterocycles. The molecule has 5 heteroatoms. The molecule has 1 aliphatic carbocycles. The lowest BCUT2D eigenvalue weighted by Crippen LogP contribution is -2.44. The van der Waals surface area contributed by atoms with E-state index in [2.05, 4.69) is 5.32 Å². The first-order chi connectivity index (χ1) is 9.61. The molecule has 1 saturated carbocycles. The van der Waals surface area contributed by atoms with Gasteiger partial charge in [0.2, 0.25) is 0 Å². The van der Waals surface area contributed by atoms with Crippen LogP contribution in [0.1, 0.15) is 26.2 Å². The Balaban J connectivity index is 1.96. The number of rotatable bonds is 4. The summed E-state index contributed by atoms with van der Waals surface area (Å²) in [5, 5.41) is 11.9. The summed E-state index contributed by atoms with van der Waals surface area (Å²) >= 11 is 0. The Bertz CT molecular complexity index is 475. The molecule has 0 aromatic heterocycles. The molecule has 5 nitrogen and oxygen atoms in total. The number of carboxylic acid groups (broad SMARTS) is 1. The van der Waals surface area contributed by atoms with Crippen LogP contribution in [-0.2, 0) is 4.79 Å². The summed E-state index contributed by atoms with van der Waals surface area (Å²) < 4.78 is 0. The molecule has 1 aromatic carbocycles. The van der Waals surface area contributed by atoms with Crippen molar-refractivity contribution in [1.82, 2.24) is 5.32 Å². The van der Waals surface area contributed by atoms with Crippen molar-refractivity contribution in [3.63, 3.8) is 0 Å². The van der Waals surface area contributed by atoms with Gasteiger partial charge in [-0.3, -0.25) is 9.69 Å². The number of carbonyl (C=O) groups excluding carboxylic acids is 1. The average molecular weight is 276 g/mol. The summed E-state index contributed by atoms with van der Waals surface area (Å²) in [5.74, 6) is -1.09. The molecule has 2 atom stereocenters. The van der Waals surface area contributed by atoms with Crippen LogP contribution in [0.3, 0.4) is 0 Å². The van der Waals surface area contributed by atoms with E-state index in [9.17, 15) is 9.59 Å². The number of para-hydroxylation sites is 1. The lowest BCUT2D eigenvalue weighted by atomic mass is 10.1. The van der Waals surface area contributed by atoms with Crippen LogP contribution in [-0.4, -0.2) is 29.7 Å². The molecule has 20 heavy (non-hydrogen) atoms. The van der Waals surface area contributed by atoms with Crippen molar-refractivity contribution < 1.29 is 14.7 Å². The van der Waals surface area contributed by atoms with Crippen molar-refractivity contribution >= 4 is 17.7 Å². The number of hydrogen-bond donors (Lipinski definition) is 2. The van der Waals surface area contributed by atoms with Crippen LogP contribution in [0.5, 0.6) is 0 Å². The largest absolute Gasteiger partial charge is 0.481 e. The van der Waals surface area contributed by atoms with Crippen molar-refractivity contribution in [2.24, 2.45) is 5.92 Å². The predicted octanol–water partition coefficient (Wildman–Crippen LogP) is 2.48. The van der Waals surface area contributed by atoms with Crippen LogP contribution >= 0.6 is 0 Å². The molecular formula is C15H20N2O3. The van der Waals surface area contributed by atoms with Gasteiger partial charge in [-0.05, 0) is 38.3 Å². The molecule has 2 rings (SSSR count). The van der Waals surface area contributed by atoms with E-state index in [1.807, 2.05) is 37.3 Å². The summed E-state index contributed by atoms with van der Waals surface area (Å²) in [6.45, 7) is 2.49. The zero-order chi connectivity index (χ0) is 14.5. The van der Waals surface area contributed by atoms with Crippen molar-refractivity contribution in [1.29, 1.82) is 0 Å². The minimum Gasteiger partial charge on any atom is -0.481 e. The number of amides is 2. The molecule has 0 saturated heterocycles. The Kier molecular flexibility index (Phi) is 4.61. The van der Waals surface area contributed by atoms with Crippen LogP contribution in [0.2, 0.25) is 0 Å². The van der Waals surface area contributed by atoms with Gasteiger partial charge in [0, 0.05) is 18.3 Å². The Morgan fingerprint density at radius 2 is 2.00 bits per heavy atom. The summed E-state index contributed by atoms with van der Waals surface area (Å²) in [7, 11) is 0. The fraction of sp³-hybridized carbons (Fsp3) is 0.467. The number of benzene rings is 1. The van der Waals surface area contributed by atoms with Gasteiger partial charge < -0.3 is 10.4 Å². The predicted molar refractivity (Wildman–Crippen MR) is 76.8 cm³/mol. The molecular weight excluding hydrogens is 256 g/mol. The highest BCUT2D eigenvalue weighted by atomic mass is 16.4. The maximum absolute atomic E-state index is 12.3. The number of urea groups is 1. The molecule has 2 amide bonds. The van der Waals surface area contributed by atoms with Gasteiger partial charge in [0.15, 0.2) is 0 Å². The molecule has 0 heterocycles. The smallest absolute Gasteiger partial charge is 0.322 e. The molecule has 1 aliphatic rings. The molecule has 108 valence electrons. The van der Waals surface area contributed by atoms with Crippen LogP contribution < -0.4 is 10.2 Å². The highest BCUT2D eigenvalue weighted by Crippen LogP contribution is 2.26. The number of nitrogens with one attached hydrogen (secondary N) is 1. The second kappa shape index (κ2) is 6.41. The second-order valence-electron chi connectivity index (χ2n) is 5.07. The number of aliphatic carboxylic acids is 1. The Hall–Kier alpha value is -2.04. The Labute approximate surface area is 118 Å². The quantitative estimate of drug-likeness (QED) is 0.887. The zero-order valence-electron chi connectivity index (χ0n) is 11.6. The van der Waals surface area contributed by atoms with Crippen molar-refractivity contribution in [2.45, 2.75) is 32.2 Å². The monoisotopic (exact) mass is 276 g/mol. The van der Waals surface area contributed by atoms with Crippen molar-refractivity contribution in [3.05, 3.63) is 30.3 Å². The molecule has 0 spiro atoms. The van der Waals surface area contributed by atoms with E-state index in [1.54, 1.807) is 4.90 Å². The molecule has 1 fully saturated rings. The number of carbonyl (C=O) groups is 2. The summed E-state index contributed by atoms with van der Waals surface area (Å²) in [4.78, 5) is 24.9. The van der Waals surface area contributed by atoms with Gasteiger partial charge in [-0.1, -0.05) is 18.2 Å². The fourth-order valence-corrected chi connectivity index (χ4v) is 2.64. The van der Waals surface area contributed by atoms with Crippen LogP contribution in [0.4, 0.5) is 10.5 Å². The third-order valence-corrected chi connectivity index (χ3v) is 3.74. The van der Waals surface area contributed by atoms with E-state index in [1.165, 1.54) is 0 Å². The van der Waals surface area contributed by atoms with Gasteiger partial charge in [0.25, 0.3) is 0 Å². The zero-order valence-corrected chi connectivity index (χ0v) is 11.6. The minimum atomic E-state index is -0.767. The molecule has 0 bridgehead atoms. The van der Waals surface area contributed by atoms with Gasteiger partial charge in [0.1, 0.15) is 0 Å². The molecule has 0 unspecified atom stereocenters. The lowest BCUT2D eigenvalue weighted by molar-refractivity contribution is -0.141. The van der Waals surface area contributed by atoms with E-state index >= 15 is 0 Å². The first kappa shape index (κ1) is 14.4. The van der Waals surface area contributed by atoms with Gasteiger partial charge >= 0.3 is 12.0 Å². The van der Waals surface area contributed by atoms with Gasteiger partial charge in [-0.2, -0.15) is 0 Å². The van der Waals surface area contributed by atoms with E-state index < -0.39 is 5.97 Å². The summed E-state index contributed by atoms with van der Waals surface area (Å²) in [5.41, 5.74) is 0.847. The molecule has 0 radical (unpaired) electrons. The SMILES string of the molecule is CCN(C(=O)N[C@H]1CC[C@@H](C(=O)O)C1)c1ccccc1. The third-order valence-electron chi connectivity index (χ3n) is 3.74. The Morgan fingerprint density at radius 1 is 1.30 bits per heavy atom. The van der Waals surface area contributed by atoms with Crippen LogP contribution in [0.25, 0.3) is 0 Å². The molecule has 1 aromatic rings. The van der Waals surface area contributed by atoms with Crippen molar-refractivity contribution in [3.8, 4) is 0 Å². The van der Waals surface area contributed by atoms with Crippen LogP contribution in [0, 0.1) is 5.92 Å². The van der Waals surface area contributed by atoms with E-state index in [-0.39, 0.29) is 18.0 Å². The number of carboxylic acids is 1. The standard InChI is InChI=1S/C15H20N2O3/c1-2-17(13-6-4-3-5-7-13)15(20)16-12-9-8-11(10-12)14(18)19/h3-7,11-12H,2,8-10H2,1H3,(H,16,20)(H,18,19)/t11-,12+/m1/s1. The maximum Gasteiger partial charge on any atom is 0.322 e. The summed E-state index contributed by atoms with van der Waals surface area (Å²) in [6.07, 6.45) is 1.89. The van der Waals surface area contributed by atoms with E-state index in [0.29, 0.717) is 19.4 Å². The first-order valence-electron chi connectivity index (χ1n) is 6.97.